The SMILES string of the molecule is O=C(CCCc1ccccc1)Nc1cccc(Oc2ccc3c(c2)C(=O)N(CC2CCCO2)C3=O)c1. The Morgan fingerprint density at radius 1 is 0.944 bits per heavy atom. The number of nitrogens with one attached hydrogen (secondary N) is 1. The predicted octanol–water partition coefficient (Wildman–Crippen LogP) is 5.22. The number of hydrogen-bond acceptors (Lipinski definition) is 5. The molecule has 7 heteroatoms. The third-order valence-corrected chi connectivity index (χ3v) is 6.42. The summed E-state index contributed by atoms with van der Waals surface area (Å²) in [5.41, 5.74) is 2.55. The van der Waals surface area contributed by atoms with Crippen LogP contribution in [0.4, 0.5) is 5.69 Å². The number of carbonyl (C=O) groups is 3. The lowest BCUT2D eigenvalue weighted by molar-refractivity contribution is -0.116. The molecule has 0 saturated carbocycles. The van der Waals surface area contributed by atoms with Crippen molar-refractivity contribution in [2.75, 3.05) is 18.5 Å². The first-order chi connectivity index (χ1) is 17.6. The monoisotopic (exact) mass is 484 g/mol. The molecule has 2 aliphatic rings. The van der Waals surface area contributed by atoms with E-state index >= 15 is 0 Å². The van der Waals surface area contributed by atoms with Gasteiger partial charge < -0.3 is 14.8 Å². The van der Waals surface area contributed by atoms with Crippen LogP contribution in [0.2, 0.25) is 0 Å². The van der Waals surface area contributed by atoms with E-state index in [1.165, 1.54) is 10.5 Å². The molecule has 184 valence electrons. The van der Waals surface area contributed by atoms with Crippen LogP contribution < -0.4 is 10.1 Å². The molecule has 0 radical (unpaired) electrons. The zero-order valence-electron chi connectivity index (χ0n) is 19.9. The number of amides is 3. The summed E-state index contributed by atoms with van der Waals surface area (Å²) in [6.07, 6.45) is 3.73. The van der Waals surface area contributed by atoms with Crippen molar-refractivity contribution in [1.29, 1.82) is 0 Å². The van der Waals surface area contributed by atoms with Gasteiger partial charge in [-0.15, -0.1) is 0 Å². The Balaban J connectivity index is 1.19. The van der Waals surface area contributed by atoms with Crippen LogP contribution in [-0.2, 0) is 16.0 Å². The lowest BCUT2D eigenvalue weighted by Crippen LogP contribution is -2.36. The predicted molar refractivity (Wildman–Crippen MR) is 135 cm³/mol. The second-order valence-electron chi connectivity index (χ2n) is 9.08. The molecule has 1 saturated heterocycles. The fraction of sp³-hybridized carbons (Fsp3) is 0.276. The number of carbonyl (C=O) groups excluding carboxylic acids is 3. The molecule has 0 spiro atoms. The first-order valence-corrected chi connectivity index (χ1v) is 12.3. The van der Waals surface area contributed by atoms with Gasteiger partial charge in [0.05, 0.1) is 23.8 Å². The molecule has 1 unspecified atom stereocenters. The van der Waals surface area contributed by atoms with Crippen LogP contribution in [0.5, 0.6) is 11.5 Å². The maximum Gasteiger partial charge on any atom is 0.261 e. The van der Waals surface area contributed by atoms with E-state index in [1.807, 2.05) is 18.2 Å². The Morgan fingerprint density at radius 2 is 1.75 bits per heavy atom. The number of benzene rings is 3. The molecule has 1 fully saturated rings. The molecule has 3 amide bonds. The molecule has 0 aromatic heterocycles. The maximum absolute atomic E-state index is 12.9. The van der Waals surface area contributed by atoms with E-state index in [1.54, 1.807) is 42.5 Å². The average molecular weight is 485 g/mol. The van der Waals surface area contributed by atoms with E-state index in [2.05, 4.69) is 17.4 Å². The van der Waals surface area contributed by atoms with E-state index in [0.717, 1.165) is 25.7 Å². The maximum atomic E-state index is 12.9. The Hall–Kier alpha value is -3.97. The van der Waals surface area contributed by atoms with Crippen LogP contribution in [0.25, 0.3) is 0 Å². The van der Waals surface area contributed by atoms with E-state index in [9.17, 15) is 14.4 Å². The van der Waals surface area contributed by atoms with Gasteiger partial charge in [-0.1, -0.05) is 36.4 Å². The van der Waals surface area contributed by atoms with Crippen LogP contribution in [0, 0.1) is 0 Å². The molecule has 3 aromatic rings. The quantitative estimate of drug-likeness (QED) is 0.421. The smallest absolute Gasteiger partial charge is 0.261 e. The van der Waals surface area contributed by atoms with Gasteiger partial charge in [0.1, 0.15) is 11.5 Å². The molecule has 0 aliphatic carbocycles. The lowest BCUT2D eigenvalue weighted by atomic mass is 10.1. The van der Waals surface area contributed by atoms with Crippen molar-refractivity contribution in [2.45, 2.75) is 38.2 Å². The summed E-state index contributed by atoms with van der Waals surface area (Å²) in [7, 11) is 0. The number of fused-ring (bicyclic) bond motifs is 1. The van der Waals surface area contributed by atoms with Crippen molar-refractivity contribution in [3.8, 4) is 11.5 Å². The fourth-order valence-electron chi connectivity index (χ4n) is 4.59. The van der Waals surface area contributed by atoms with Gasteiger partial charge in [-0.05, 0) is 61.6 Å². The van der Waals surface area contributed by atoms with Gasteiger partial charge in [0.25, 0.3) is 11.8 Å². The van der Waals surface area contributed by atoms with E-state index in [4.69, 9.17) is 9.47 Å². The largest absolute Gasteiger partial charge is 0.457 e. The molecule has 7 nitrogen and oxygen atoms in total. The Morgan fingerprint density at radius 3 is 2.56 bits per heavy atom. The second kappa shape index (κ2) is 10.7. The summed E-state index contributed by atoms with van der Waals surface area (Å²) in [6.45, 7) is 0.939. The van der Waals surface area contributed by atoms with Crippen molar-refractivity contribution in [1.82, 2.24) is 4.90 Å². The Labute approximate surface area is 210 Å². The lowest BCUT2D eigenvalue weighted by Gasteiger charge is -2.17. The third-order valence-electron chi connectivity index (χ3n) is 6.42. The second-order valence-corrected chi connectivity index (χ2v) is 9.08. The van der Waals surface area contributed by atoms with Crippen LogP contribution >= 0.6 is 0 Å². The number of ether oxygens (including phenoxy) is 2. The van der Waals surface area contributed by atoms with Crippen molar-refractivity contribution < 1.29 is 23.9 Å². The van der Waals surface area contributed by atoms with Gasteiger partial charge >= 0.3 is 0 Å². The van der Waals surface area contributed by atoms with Crippen LogP contribution in [-0.4, -0.2) is 41.9 Å². The van der Waals surface area contributed by atoms with Crippen LogP contribution in [0.1, 0.15) is 52.0 Å². The summed E-state index contributed by atoms with van der Waals surface area (Å²) in [4.78, 5) is 39.3. The van der Waals surface area contributed by atoms with Crippen molar-refractivity contribution >= 4 is 23.4 Å². The molecule has 2 aliphatic heterocycles. The van der Waals surface area contributed by atoms with Crippen molar-refractivity contribution in [3.05, 3.63) is 89.5 Å². The molecule has 1 N–H and O–H groups in total. The van der Waals surface area contributed by atoms with E-state index in [0.29, 0.717) is 41.3 Å². The fourth-order valence-corrected chi connectivity index (χ4v) is 4.59. The molecule has 3 aromatic carbocycles. The van der Waals surface area contributed by atoms with Gasteiger partial charge in [0.15, 0.2) is 0 Å². The first-order valence-electron chi connectivity index (χ1n) is 12.3. The van der Waals surface area contributed by atoms with Crippen LogP contribution in [0.3, 0.4) is 0 Å². The molecular formula is C29H28N2O5. The number of nitrogens with zero attached hydrogens (tertiary/aromatic N) is 1. The van der Waals surface area contributed by atoms with Gasteiger partial charge in [0.2, 0.25) is 5.91 Å². The minimum Gasteiger partial charge on any atom is -0.457 e. The summed E-state index contributed by atoms with van der Waals surface area (Å²) in [6, 6.07) is 22.1. The van der Waals surface area contributed by atoms with Gasteiger partial charge in [-0.3, -0.25) is 19.3 Å². The first kappa shape index (κ1) is 23.8. The number of imide groups is 1. The third kappa shape index (κ3) is 5.47. The van der Waals surface area contributed by atoms with Crippen molar-refractivity contribution in [2.24, 2.45) is 0 Å². The Kier molecular flexibility index (Phi) is 7.09. The Bertz CT molecular complexity index is 1270. The summed E-state index contributed by atoms with van der Waals surface area (Å²) in [5.74, 6) is 0.280. The zero-order valence-corrected chi connectivity index (χ0v) is 19.9. The molecule has 1 atom stereocenters. The molecule has 0 bridgehead atoms. The summed E-state index contributed by atoms with van der Waals surface area (Å²) in [5, 5.41) is 2.91. The number of aryl methyl sites for hydroxylation is 1. The normalized spacial score (nSPS) is 16.8. The van der Waals surface area contributed by atoms with Crippen LogP contribution in [0.15, 0.2) is 72.8 Å². The van der Waals surface area contributed by atoms with Gasteiger partial charge in [-0.2, -0.15) is 0 Å². The summed E-state index contributed by atoms with van der Waals surface area (Å²) < 4.78 is 11.6. The number of anilines is 1. The molecular weight excluding hydrogens is 456 g/mol. The number of hydrogen-bond donors (Lipinski definition) is 1. The topological polar surface area (TPSA) is 84.9 Å². The van der Waals surface area contributed by atoms with Gasteiger partial charge in [0, 0.05) is 24.8 Å². The minimum atomic E-state index is -0.326. The summed E-state index contributed by atoms with van der Waals surface area (Å²) >= 11 is 0. The van der Waals surface area contributed by atoms with Gasteiger partial charge in [-0.25, -0.2) is 0 Å². The average Bonchev–Trinajstić information content (AvgIpc) is 3.48. The minimum absolute atomic E-state index is 0.0592. The van der Waals surface area contributed by atoms with E-state index in [-0.39, 0.29) is 30.4 Å². The van der Waals surface area contributed by atoms with E-state index < -0.39 is 0 Å². The highest BCUT2D eigenvalue weighted by Gasteiger charge is 2.37. The number of rotatable bonds is 9. The zero-order chi connectivity index (χ0) is 24.9. The molecule has 5 rings (SSSR count). The molecule has 36 heavy (non-hydrogen) atoms. The highest BCUT2D eigenvalue weighted by molar-refractivity contribution is 6.21. The highest BCUT2D eigenvalue weighted by Crippen LogP contribution is 2.31. The molecule has 2 heterocycles. The highest BCUT2D eigenvalue weighted by atomic mass is 16.5. The standard InChI is InChI=1S/C29H28N2O5/c32-27(13-4-9-20-7-2-1-3-8-20)30-21-10-5-11-22(17-21)36-23-14-15-25-26(18-23)29(34)31(28(25)33)19-24-12-6-16-35-24/h1-3,5,7-8,10-11,14-15,17-18,24H,4,6,9,12-13,16,19H2,(H,30,32). The van der Waals surface area contributed by atoms with Crippen molar-refractivity contribution in [3.63, 3.8) is 0 Å².